The fourth-order valence-corrected chi connectivity index (χ4v) is 2.59. The van der Waals surface area contributed by atoms with E-state index in [1.165, 1.54) is 0 Å². The fourth-order valence-electron chi connectivity index (χ4n) is 2.59. The number of likely N-dealkylation sites (N-methyl/N-ethyl adjacent to an activating group) is 1. The number of aromatic nitrogens is 1. The highest BCUT2D eigenvalue weighted by Gasteiger charge is 2.23. The number of methoxy groups -OCH3 is 1. The molecule has 1 aromatic heterocycles. The van der Waals surface area contributed by atoms with Gasteiger partial charge in [-0.05, 0) is 18.2 Å². The number of carbonyl (C=O) groups excluding carboxylic acids is 1. The van der Waals surface area contributed by atoms with Gasteiger partial charge in [0.1, 0.15) is 6.61 Å². The summed E-state index contributed by atoms with van der Waals surface area (Å²) in [4.78, 5) is 18.0. The molecule has 1 aliphatic heterocycles. The summed E-state index contributed by atoms with van der Waals surface area (Å²) in [6.07, 6.45) is 1.44. The van der Waals surface area contributed by atoms with Crippen LogP contribution in [0.15, 0.2) is 42.6 Å². The third-order valence-corrected chi connectivity index (χ3v) is 3.87. The van der Waals surface area contributed by atoms with Crippen molar-refractivity contribution in [3.8, 4) is 17.4 Å². The molecule has 0 saturated heterocycles. The van der Waals surface area contributed by atoms with Crippen molar-refractivity contribution in [1.29, 1.82) is 0 Å². The smallest absolute Gasteiger partial charge is 0.317 e. The predicted molar refractivity (Wildman–Crippen MR) is 92.0 cm³/mol. The summed E-state index contributed by atoms with van der Waals surface area (Å²) in [6, 6.07) is 11.0. The van der Waals surface area contributed by atoms with Gasteiger partial charge in [0.05, 0.1) is 13.7 Å². The first-order valence-corrected chi connectivity index (χ1v) is 8.02. The van der Waals surface area contributed by atoms with Gasteiger partial charge in [-0.2, -0.15) is 0 Å². The van der Waals surface area contributed by atoms with Crippen molar-refractivity contribution in [3.63, 3.8) is 0 Å². The number of carbonyl (C=O) groups is 1. The van der Waals surface area contributed by atoms with E-state index in [1.807, 2.05) is 30.3 Å². The van der Waals surface area contributed by atoms with Gasteiger partial charge in [-0.1, -0.05) is 18.2 Å². The third-order valence-electron chi connectivity index (χ3n) is 3.87. The van der Waals surface area contributed by atoms with Gasteiger partial charge in [0, 0.05) is 25.4 Å². The summed E-state index contributed by atoms with van der Waals surface area (Å²) in [6.45, 7) is 1.17. The van der Waals surface area contributed by atoms with Gasteiger partial charge in [-0.15, -0.1) is 0 Å². The van der Waals surface area contributed by atoms with E-state index in [1.54, 1.807) is 31.3 Å². The molecule has 1 atom stereocenters. The van der Waals surface area contributed by atoms with E-state index in [9.17, 15) is 4.79 Å². The lowest BCUT2D eigenvalue weighted by atomic mass is 10.2. The molecule has 2 heterocycles. The topological polar surface area (TPSA) is 72.9 Å². The quantitative estimate of drug-likeness (QED) is 0.900. The van der Waals surface area contributed by atoms with Crippen molar-refractivity contribution in [2.75, 3.05) is 27.3 Å². The van der Waals surface area contributed by atoms with Crippen LogP contribution in [0.25, 0.3) is 0 Å². The molecule has 132 valence electrons. The van der Waals surface area contributed by atoms with Gasteiger partial charge < -0.3 is 24.4 Å². The highest BCUT2D eigenvalue weighted by Crippen LogP contribution is 2.30. The second kappa shape index (κ2) is 7.74. The number of ether oxygens (including phenoxy) is 3. The average Bonchev–Trinajstić information content (AvgIpc) is 2.66. The molecule has 1 aliphatic rings. The lowest BCUT2D eigenvalue weighted by Crippen LogP contribution is -2.45. The van der Waals surface area contributed by atoms with Crippen LogP contribution in [0.4, 0.5) is 4.79 Å². The van der Waals surface area contributed by atoms with Crippen molar-refractivity contribution < 1.29 is 19.0 Å². The molecule has 7 heteroatoms. The maximum Gasteiger partial charge on any atom is 0.317 e. The Bertz CT molecular complexity index is 738. The van der Waals surface area contributed by atoms with E-state index in [-0.39, 0.29) is 12.1 Å². The highest BCUT2D eigenvalue weighted by atomic mass is 16.6. The largest absolute Gasteiger partial charge is 0.486 e. The molecule has 0 fully saturated rings. The standard InChI is InChI=1S/C18H21N3O4/c1-21(11-14-12-24-15-7-3-4-8-16(15)25-14)18(22)20-10-13-6-5-9-19-17(13)23-2/h3-9,14H,10-12H2,1-2H3,(H,20,22). The number of para-hydroxylation sites is 2. The Morgan fingerprint density at radius 1 is 1.32 bits per heavy atom. The van der Waals surface area contributed by atoms with E-state index < -0.39 is 0 Å². The molecule has 0 saturated carbocycles. The van der Waals surface area contributed by atoms with Crippen LogP contribution in [0.2, 0.25) is 0 Å². The molecule has 0 aliphatic carbocycles. The van der Waals surface area contributed by atoms with E-state index in [4.69, 9.17) is 14.2 Å². The number of urea groups is 1. The van der Waals surface area contributed by atoms with Crippen LogP contribution in [0, 0.1) is 0 Å². The summed E-state index contributed by atoms with van der Waals surface area (Å²) in [5.74, 6) is 1.94. The molecule has 2 aromatic rings. The molecule has 1 aromatic carbocycles. The Balaban J connectivity index is 1.51. The minimum atomic E-state index is -0.210. The normalized spacial score (nSPS) is 15.4. The van der Waals surface area contributed by atoms with Crippen molar-refractivity contribution in [3.05, 3.63) is 48.2 Å². The zero-order valence-corrected chi connectivity index (χ0v) is 14.3. The Hall–Kier alpha value is -2.96. The first kappa shape index (κ1) is 16.9. The van der Waals surface area contributed by atoms with Gasteiger partial charge in [0.2, 0.25) is 5.88 Å². The van der Waals surface area contributed by atoms with Gasteiger partial charge in [-0.25, -0.2) is 9.78 Å². The molecule has 7 nitrogen and oxygen atoms in total. The van der Waals surface area contributed by atoms with E-state index in [2.05, 4.69) is 10.3 Å². The second-order valence-corrected chi connectivity index (χ2v) is 5.71. The van der Waals surface area contributed by atoms with E-state index in [0.717, 1.165) is 11.3 Å². The van der Waals surface area contributed by atoms with Crippen LogP contribution in [0.3, 0.4) is 0 Å². The highest BCUT2D eigenvalue weighted by molar-refractivity contribution is 5.73. The number of hydrogen-bond acceptors (Lipinski definition) is 5. The van der Waals surface area contributed by atoms with Crippen LogP contribution in [0.1, 0.15) is 5.56 Å². The van der Waals surface area contributed by atoms with Crippen LogP contribution < -0.4 is 19.5 Å². The van der Waals surface area contributed by atoms with Crippen LogP contribution in [-0.4, -0.2) is 49.3 Å². The Morgan fingerprint density at radius 2 is 2.12 bits per heavy atom. The lowest BCUT2D eigenvalue weighted by Gasteiger charge is -2.29. The molecular formula is C18H21N3O4. The molecule has 1 N–H and O–H groups in total. The number of hydrogen-bond donors (Lipinski definition) is 1. The number of nitrogens with zero attached hydrogens (tertiary/aromatic N) is 2. The number of pyridine rings is 1. The molecular weight excluding hydrogens is 322 g/mol. The van der Waals surface area contributed by atoms with Crippen LogP contribution >= 0.6 is 0 Å². The van der Waals surface area contributed by atoms with Crippen molar-refractivity contribution in [2.24, 2.45) is 0 Å². The maximum atomic E-state index is 12.3. The van der Waals surface area contributed by atoms with Crippen molar-refractivity contribution in [1.82, 2.24) is 15.2 Å². The minimum absolute atomic E-state index is 0.201. The molecule has 0 bridgehead atoms. The third kappa shape index (κ3) is 4.12. The SMILES string of the molecule is COc1ncccc1CNC(=O)N(C)CC1COc2ccccc2O1. The van der Waals surface area contributed by atoms with E-state index >= 15 is 0 Å². The molecule has 25 heavy (non-hydrogen) atoms. The zero-order chi connectivity index (χ0) is 17.6. The van der Waals surface area contributed by atoms with Gasteiger partial charge in [0.25, 0.3) is 0 Å². The Labute approximate surface area is 146 Å². The fraction of sp³-hybridized carbons (Fsp3) is 0.333. The Kier molecular flexibility index (Phi) is 5.23. The summed E-state index contributed by atoms with van der Waals surface area (Å²) in [5.41, 5.74) is 0.818. The van der Waals surface area contributed by atoms with Gasteiger partial charge in [-0.3, -0.25) is 0 Å². The monoisotopic (exact) mass is 343 g/mol. The average molecular weight is 343 g/mol. The minimum Gasteiger partial charge on any atom is -0.486 e. The number of benzene rings is 1. The molecule has 0 spiro atoms. The molecule has 3 rings (SSSR count). The van der Waals surface area contributed by atoms with Crippen LogP contribution in [0.5, 0.6) is 17.4 Å². The zero-order valence-electron chi connectivity index (χ0n) is 14.3. The van der Waals surface area contributed by atoms with Crippen molar-refractivity contribution >= 4 is 6.03 Å². The second-order valence-electron chi connectivity index (χ2n) is 5.71. The van der Waals surface area contributed by atoms with Crippen molar-refractivity contribution in [2.45, 2.75) is 12.6 Å². The number of fused-ring (bicyclic) bond motifs is 1. The summed E-state index contributed by atoms with van der Waals surface area (Å²) < 4.78 is 16.7. The van der Waals surface area contributed by atoms with Gasteiger partial charge >= 0.3 is 6.03 Å². The lowest BCUT2D eigenvalue weighted by molar-refractivity contribution is 0.0715. The first-order chi connectivity index (χ1) is 12.2. The van der Waals surface area contributed by atoms with E-state index in [0.29, 0.717) is 31.3 Å². The number of nitrogens with one attached hydrogen (secondary N) is 1. The Morgan fingerprint density at radius 3 is 2.92 bits per heavy atom. The summed E-state index contributed by atoms with van der Waals surface area (Å²) in [5, 5.41) is 2.85. The molecule has 0 radical (unpaired) electrons. The predicted octanol–water partition coefficient (Wildman–Crippen LogP) is 2.07. The summed E-state index contributed by atoms with van der Waals surface area (Å²) >= 11 is 0. The maximum absolute atomic E-state index is 12.3. The van der Waals surface area contributed by atoms with Crippen LogP contribution in [-0.2, 0) is 6.54 Å². The van der Waals surface area contributed by atoms with Gasteiger partial charge in [0.15, 0.2) is 17.6 Å². The molecule has 1 unspecified atom stereocenters. The molecule has 2 amide bonds. The summed E-state index contributed by atoms with van der Waals surface area (Å²) in [7, 11) is 3.28. The number of amides is 2. The first-order valence-electron chi connectivity index (χ1n) is 8.02. The number of rotatable bonds is 5.